The minimum Gasteiger partial charge on any atom is -0.490 e. The summed E-state index contributed by atoms with van der Waals surface area (Å²) in [5.41, 5.74) is 4.14. The van der Waals surface area contributed by atoms with Crippen molar-refractivity contribution in [2.45, 2.75) is 27.7 Å². The fourth-order valence-electron chi connectivity index (χ4n) is 3.68. The molecule has 0 radical (unpaired) electrons. The Morgan fingerprint density at radius 3 is 2.36 bits per heavy atom. The minimum atomic E-state index is -0.554. The molecular weight excluding hydrogens is 484 g/mol. The van der Waals surface area contributed by atoms with Crippen LogP contribution in [0.4, 0.5) is 10.5 Å². The molecule has 0 aromatic heterocycles. The number of hydrogen-bond acceptors (Lipinski definition) is 8. The number of anilines is 1. The molecule has 36 heavy (non-hydrogen) atoms. The van der Waals surface area contributed by atoms with E-state index in [0.717, 1.165) is 33.4 Å². The van der Waals surface area contributed by atoms with Crippen LogP contribution >= 0.6 is 11.8 Å². The van der Waals surface area contributed by atoms with Crippen LogP contribution in [0.5, 0.6) is 11.5 Å². The molecular formula is C26H28N2O7S. The predicted octanol–water partition coefficient (Wildman–Crippen LogP) is 4.24. The Labute approximate surface area is 213 Å². The van der Waals surface area contributed by atoms with Gasteiger partial charge in [0.25, 0.3) is 11.1 Å². The van der Waals surface area contributed by atoms with Crippen molar-refractivity contribution >= 4 is 46.5 Å². The van der Waals surface area contributed by atoms with Crippen LogP contribution in [0.25, 0.3) is 6.08 Å². The van der Waals surface area contributed by atoms with E-state index in [1.54, 1.807) is 31.2 Å². The second-order valence-electron chi connectivity index (χ2n) is 8.09. The molecule has 9 nitrogen and oxygen atoms in total. The average Bonchev–Trinajstić information content (AvgIpc) is 3.08. The molecule has 0 unspecified atom stereocenters. The smallest absolute Gasteiger partial charge is 0.343 e. The second kappa shape index (κ2) is 11.8. The fourth-order valence-corrected chi connectivity index (χ4v) is 4.52. The summed E-state index contributed by atoms with van der Waals surface area (Å²) < 4.78 is 15.6. The van der Waals surface area contributed by atoms with Crippen LogP contribution in [0.2, 0.25) is 0 Å². The first-order valence-electron chi connectivity index (χ1n) is 11.2. The zero-order valence-corrected chi connectivity index (χ0v) is 21.6. The molecule has 0 spiro atoms. The molecule has 1 aliphatic heterocycles. The Morgan fingerprint density at radius 2 is 1.72 bits per heavy atom. The van der Waals surface area contributed by atoms with Crippen molar-refractivity contribution in [3.05, 3.63) is 57.5 Å². The van der Waals surface area contributed by atoms with Gasteiger partial charge in [0.15, 0.2) is 18.1 Å². The first kappa shape index (κ1) is 26.8. The van der Waals surface area contributed by atoms with Gasteiger partial charge in [0.2, 0.25) is 5.91 Å². The lowest BCUT2D eigenvalue weighted by atomic mass is 10.1. The van der Waals surface area contributed by atoms with Gasteiger partial charge in [-0.3, -0.25) is 19.3 Å². The van der Waals surface area contributed by atoms with Crippen LogP contribution in [0.1, 0.15) is 29.2 Å². The van der Waals surface area contributed by atoms with Crippen molar-refractivity contribution in [2.75, 3.05) is 32.2 Å². The van der Waals surface area contributed by atoms with Crippen LogP contribution in [0.3, 0.4) is 0 Å². The number of methoxy groups -OCH3 is 1. The number of benzene rings is 2. The molecule has 0 saturated carbocycles. The number of rotatable bonds is 9. The maximum absolute atomic E-state index is 12.9. The maximum Gasteiger partial charge on any atom is 0.343 e. The molecule has 10 heteroatoms. The summed E-state index contributed by atoms with van der Waals surface area (Å²) in [4.78, 5) is 50.5. The van der Waals surface area contributed by atoms with Crippen LogP contribution in [0, 0.1) is 20.8 Å². The molecule has 1 heterocycles. The van der Waals surface area contributed by atoms with Crippen LogP contribution < -0.4 is 14.8 Å². The zero-order valence-electron chi connectivity index (χ0n) is 20.8. The van der Waals surface area contributed by atoms with Gasteiger partial charge in [0.05, 0.1) is 18.6 Å². The topological polar surface area (TPSA) is 111 Å². The van der Waals surface area contributed by atoms with Crippen LogP contribution in [-0.4, -0.2) is 54.8 Å². The van der Waals surface area contributed by atoms with Crippen molar-refractivity contribution in [3.8, 4) is 11.5 Å². The first-order valence-corrected chi connectivity index (χ1v) is 12.0. The van der Waals surface area contributed by atoms with E-state index in [2.05, 4.69) is 10.1 Å². The monoisotopic (exact) mass is 512 g/mol. The highest BCUT2D eigenvalue weighted by atomic mass is 32.2. The molecule has 0 aliphatic carbocycles. The lowest BCUT2D eigenvalue weighted by molar-refractivity contribution is -0.143. The molecule has 0 bridgehead atoms. The van der Waals surface area contributed by atoms with E-state index in [1.807, 2.05) is 32.9 Å². The molecule has 190 valence electrons. The summed E-state index contributed by atoms with van der Waals surface area (Å²) in [5, 5.41) is 2.29. The molecule has 2 aromatic carbocycles. The van der Waals surface area contributed by atoms with Gasteiger partial charge < -0.3 is 19.5 Å². The minimum absolute atomic E-state index is 0.182. The zero-order chi connectivity index (χ0) is 26.4. The lowest BCUT2D eigenvalue weighted by Crippen LogP contribution is -2.36. The second-order valence-corrected chi connectivity index (χ2v) is 9.09. The molecule has 3 amide bonds. The number of carbonyl (C=O) groups is 4. The van der Waals surface area contributed by atoms with Crippen molar-refractivity contribution in [2.24, 2.45) is 0 Å². The summed E-state index contributed by atoms with van der Waals surface area (Å²) in [7, 11) is 1.26. The number of amides is 3. The summed E-state index contributed by atoms with van der Waals surface area (Å²) in [6.45, 7) is 7.23. The van der Waals surface area contributed by atoms with Gasteiger partial charge in [-0.1, -0.05) is 23.8 Å². The Hall–Kier alpha value is -3.79. The first-order chi connectivity index (χ1) is 17.1. The predicted molar refractivity (Wildman–Crippen MR) is 137 cm³/mol. The van der Waals surface area contributed by atoms with E-state index < -0.39 is 23.0 Å². The molecule has 1 fully saturated rings. The van der Waals surface area contributed by atoms with Gasteiger partial charge in [-0.15, -0.1) is 0 Å². The van der Waals surface area contributed by atoms with E-state index in [-0.39, 0.29) is 18.1 Å². The van der Waals surface area contributed by atoms with Gasteiger partial charge in [0, 0.05) is 5.69 Å². The highest BCUT2D eigenvalue weighted by Gasteiger charge is 2.36. The van der Waals surface area contributed by atoms with Gasteiger partial charge in [-0.05, 0) is 74.4 Å². The number of imide groups is 1. The standard InChI is InChI=1S/C26H28N2O7S/c1-6-34-20-11-18(7-8-19(20)35-14-23(30)33-5)12-21-25(31)28(26(32)36-21)13-22(29)27-24-16(3)9-15(2)10-17(24)4/h7-12H,6,13-14H2,1-5H3,(H,27,29)/b21-12+. The maximum atomic E-state index is 12.9. The fraction of sp³-hybridized carbons (Fsp3) is 0.308. The van der Waals surface area contributed by atoms with Crippen molar-refractivity contribution in [3.63, 3.8) is 0 Å². The average molecular weight is 513 g/mol. The molecule has 3 rings (SSSR count). The number of thioether (sulfide) groups is 1. The third kappa shape index (κ3) is 6.45. The number of esters is 1. The number of aryl methyl sites for hydroxylation is 3. The molecule has 2 aromatic rings. The third-order valence-electron chi connectivity index (χ3n) is 5.26. The molecule has 1 N–H and O–H groups in total. The third-order valence-corrected chi connectivity index (χ3v) is 6.16. The quantitative estimate of drug-likeness (QED) is 0.392. The number of carbonyl (C=O) groups excluding carboxylic acids is 4. The summed E-state index contributed by atoms with van der Waals surface area (Å²) in [6, 6.07) is 8.81. The Balaban J connectivity index is 1.73. The summed E-state index contributed by atoms with van der Waals surface area (Å²) >= 11 is 0.759. The molecule has 1 saturated heterocycles. The van der Waals surface area contributed by atoms with Gasteiger partial charge in [0.1, 0.15) is 6.54 Å². The highest BCUT2D eigenvalue weighted by molar-refractivity contribution is 8.18. The molecule has 1 aliphatic rings. The SMILES string of the molecule is CCOc1cc(/C=C2/SC(=O)N(CC(=O)Nc3c(C)cc(C)cc3C)C2=O)ccc1OCC(=O)OC. The van der Waals surface area contributed by atoms with E-state index in [9.17, 15) is 19.2 Å². The number of nitrogens with one attached hydrogen (secondary N) is 1. The molecule has 0 atom stereocenters. The van der Waals surface area contributed by atoms with E-state index >= 15 is 0 Å². The Bertz CT molecular complexity index is 1220. The van der Waals surface area contributed by atoms with Crippen molar-refractivity contribution in [1.82, 2.24) is 4.90 Å². The number of ether oxygens (including phenoxy) is 3. The van der Waals surface area contributed by atoms with Crippen molar-refractivity contribution in [1.29, 1.82) is 0 Å². The normalized spacial score (nSPS) is 14.2. The van der Waals surface area contributed by atoms with Crippen LogP contribution in [-0.2, 0) is 19.1 Å². The highest BCUT2D eigenvalue weighted by Crippen LogP contribution is 2.35. The van der Waals surface area contributed by atoms with E-state index in [4.69, 9.17) is 9.47 Å². The van der Waals surface area contributed by atoms with Crippen molar-refractivity contribution < 1.29 is 33.4 Å². The number of nitrogens with zero attached hydrogens (tertiary/aromatic N) is 1. The Morgan fingerprint density at radius 1 is 1.03 bits per heavy atom. The van der Waals surface area contributed by atoms with E-state index in [1.165, 1.54) is 7.11 Å². The lowest BCUT2D eigenvalue weighted by Gasteiger charge is -2.16. The van der Waals surface area contributed by atoms with Gasteiger partial charge in [-0.25, -0.2) is 4.79 Å². The van der Waals surface area contributed by atoms with Gasteiger partial charge in [-0.2, -0.15) is 0 Å². The largest absolute Gasteiger partial charge is 0.490 e. The number of hydrogen-bond donors (Lipinski definition) is 1. The van der Waals surface area contributed by atoms with E-state index in [0.29, 0.717) is 29.4 Å². The Kier molecular flexibility index (Phi) is 8.76. The van der Waals surface area contributed by atoms with Gasteiger partial charge >= 0.3 is 5.97 Å². The summed E-state index contributed by atoms with van der Waals surface area (Å²) in [6.07, 6.45) is 1.55. The summed E-state index contributed by atoms with van der Waals surface area (Å²) in [5.74, 6) is -0.837. The van der Waals surface area contributed by atoms with Crippen LogP contribution in [0.15, 0.2) is 35.2 Å².